The van der Waals surface area contributed by atoms with E-state index in [0.29, 0.717) is 17.6 Å². The van der Waals surface area contributed by atoms with Crippen LogP contribution in [-0.4, -0.2) is 43.2 Å². The van der Waals surface area contributed by atoms with Crippen molar-refractivity contribution in [3.8, 4) is 0 Å². The minimum absolute atomic E-state index is 0.0434. The summed E-state index contributed by atoms with van der Waals surface area (Å²) < 4.78 is 5.88. The second-order valence-corrected chi connectivity index (χ2v) is 7.90. The highest BCUT2D eigenvalue weighted by Crippen LogP contribution is 2.45. The summed E-state index contributed by atoms with van der Waals surface area (Å²) in [5.74, 6) is 2.46. The van der Waals surface area contributed by atoms with Crippen molar-refractivity contribution in [2.75, 3.05) is 36.6 Å². The molecule has 3 rings (SSSR count). The van der Waals surface area contributed by atoms with Gasteiger partial charge in [0.25, 0.3) is 0 Å². The molecule has 1 unspecified atom stereocenters. The van der Waals surface area contributed by atoms with Gasteiger partial charge in [-0.15, -0.1) is 23.5 Å². The van der Waals surface area contributed by atoms with Crippen molar-refractivity contribution >= 4 is 35.1 Å². The van der Waals surface area contributed by atoms with E-state index in [1.165, 1.54) is 17.1 Å². The van der Waals surface area contributed by atoms with Crippen LogP contribution in [0.1, 0.15) is 16.6 Å². The molecule has 1 atom stereocenters. The number of carbonyl (C=O) groups excluding carboxylic acids is 1. The number of morpholine rings is 1. The summed E-state index contributed by atoms with van der Waals surface area (Å²) in [6.07, 6.45) is 0.456. The molecule has 0 bridgehead atoms. The number of benzene rings is 1. The van der Waals surface area contributed by atoms with E-state index in [1.54, 1.807) is 0 Å². The summed E-state index contributed by atoms with van der Waals surface area (Å²) in [6.45, 7) is 2.17. The van der Waals surface area contributed by atoms with Crippen LogP contribution < -0.4 is 10.6 Å². The number of carbonyl (C=O) groups is 1. The molecular formula is C15H20N2O2S2. The lowest BCUT2D eigenvalue weighted by molar-refractivity contribution is -0.117. The molecule has 2 heterocycles. The number of anilines is 1. The van der Waals surface area contributed by atoms with Gasteiger partial charge in [0, 0.05) is 36.2 Å². The van der Waals surface area contributed by atoms with Crippen molar-refractivity contribution in [3.63, 3.8) is 0 Å². The molecule has 1 aromatic carbocycles. The number of hydrogen-bond acceptors (Lipinski definition) is 5. The fourth-order valence-corrected chi connectivity index (χ4v) is 5.34. The minimum Gasteiger partial charge on any atom is -0.378 e. The van der Waals surface area contributed by atoms with E-state index in [1.807, 2.05) is 35.7 Å². The third-order valence-electron chi connectivity index (χ3n) is 3.49. The maximum atomic E-state index is 12.1. The minimum atomic E-state index is 0.0434. The fourth-order valence-electron chi connectivity index (χ4n) is 2.50. The Kier molecular flexibility index (Phi) is 5.46. The van der Waals surface area contributed by atoms with Gasteiger partial charge in [0.1, 0.15) is 0 Å². The molecule has 0 aromatic heterocycles. The van der Waals surface area contributed by atoms with E-state index in [4.69, 9.17) is 4.74 Å². The molecule has 0 radical (unpaired) electrons. The van der Waals surface area contributed by atoms with E-state index in [0.717, 1.165) is 18.8 Å². The molecule has 2 fully saturated rings. The third-order valence-corrected chi connectivity index (χ3v) is 6.60. The SMILES string of the molecule is O=C(CC1COCCN1)Nc1cccc(C2SCCS2)c1. The van der Waals surface area contributed by atoms with Gasteiger partial charge >= 0.3 is 0 Å². The van der Waals surface area contributed by atoms with Gasteiger partial charge in [-0.2, -0.15) is 0 Å². The molecular weight excluding hydrogens is 304 g/mol. The van der Waals surface area contributed by atoms with Gasteiger partial charge in [-0.05, 0) is 17.7 Å². The molecule has 114 valence electrons. The number of ether oxygens (including phenoxy) is 1. The van der Waals surface area contributed by atoms with Crippen molar-refractivity contribution < 1.29 is 9.53 Å². The van der Waals surface area contributed by atoms with E-state index >= 15 is 0 Å². The zero-order valence-electron chi connectivity index (χ0n) is 11.8. The first-order valence-corrected chi connectivity index (χ1v) is 9.35. The van der Waals surface area contributed by atoms with E-state index < -0.39 is 0 Å². The Bertz CT molecular complexity index is 486. The van der Waals surface area contributed by atoms with E-state index in [2.05, 4.69) is 22.8 Å². The van der Waals surface area contributed by atoms with Gasteiger partial charge in [-0.1, -0.05) is 12.1 Å². The Morgan fingerprint density at radius 3 is 3.00 bits per heavy atom. The van der Waals surface area contributed by atoms with Gasteiger partial charge in [0.2, 0.25) is 5.91 Å². The Morgan fingerprint density at radius 1 is 1.38 bits per heavy atom. The average Bonchev–Trinajstić information content (AvgIpc) is 3.02. The molecule has 21 heavy (non-hydrogen) atoms. The van der Waals surface area contributed by atoms with Crippen molar-refractivity contribution in [2.24, 2.45) is 0 Å². The van der Waals surface area contributed by atoms with Crippen LogP contribution in [0.5, 0.6) is 0 Å². The highest BCUT2D eigenvalue weighted by molar-refractivity contribution is 8.19. The molecule has 6 heteroatoms. The Morgan fingerprint density at radius 2 is 2.24 bits per heavy atom. The molecule has 2 N–H and O–H groups in total. The highest BCUT2D eigenvalue weighted by atomic mass is 32.2. The summed E-state index contributed by atoms with van der Waals surface area (Å²) in [4.78, 5) is 12.1. The predicted octanol–water partition coefficient (Wildman–Crippen LogP) is 2.48. The third kappa shape index (κ3) is 4.39. The smallest absolute Gasteiger partial charge is 0.226 e. The molecule has 2 aliphatic rings. The van der Waals surface area contributed by atoms with Crippen molar-refractivity contribution in [3.05, 3.63) is 29.8 Å². The van der Waals surface area contributed by atoms with Crippen LogP contribution in [0.25, 0.3) is 0 Å². The average molecular weight is 324 g/mol. The normalized spacial score (nSPS) is 23.1. The first kappa shape index (κ1) is 15.2. The van der Waals surface area contributed by atoms with Gasteiger partial charge in [-0.3, -0.25) is 4.79 Å². The molecule has 0 spiro atoms. The summed E-state index contributed by atoms with van der Waals surface area (Å²) in [7, 11) is 0. The maximum Gasteiger partial charge on any atom is 0.226 e. The Balaban J connectivity index is 1.56. The standard InChI is InChI=1S/C15H20N2O2S2/c18-14(9-13-10-19-5-4-16-13)17-12-3-1-2-11(8-12)15-20-6-7-21-15/h1-3,8,13,15-16H,4-7,9-10H2,(H,17,18). The highest BCUT2D eigenvalue weighted by Gasteiger charge is 2.19. The summed E-state index contributed by atoms with van der Waals surface area (Å²) in [5.41, 5.74) is 2.18. The first-order valence-electron chi connectivity index (χ1n) is 7.25. The molecule has 1 amide bonds. The van der Waals surface area contributed by atoms with Crippen molar-refractivity contribution in [1.82, 2.24) is 5.32 Å². The summed E-state index contributed by atoms with van der Waals surface area (Å²) in [5, 5.41) is 6.30. The lowest BCUT2D eigenvalue weighted by Crippen LogP contribution is -2.43. The lowest BCUT2D eigenvalue weighted by Gasteiger charge is -2.23. The molecule has 4 nitrogen and oxygen atoms in total. The van der Waals surface area contributed by atoms with Crippen LogP contribution in [0.2, 0.25) is 0 Å². The number of amides is 1. The second-order valence-electron chi connectivity index (χ2n) is 5.18. The van der Waals surface area contributed by atoms with Crippen LogP contribution in [0.3, 0.4) is 0 Å². The van der Waals surface area contributed by atoms with Crippen LogP contribution in [-0.2, 0) is 9.53 Å². The zero-order valence-corrected chi connectivity index (χ0v) is 13.5. The van der Waals surface area contributed by atoms with Crippen LogP contribution in [0.15, 0.2) is 24.3 Å². The fraction of sp³-hybridized carbons (Fsp3) is 0.533. The monoisotopic (exact) mass is 324 g/mol. The second kappa shape index (κ2) is 7.54. The van der Waals surface area contributed by atoms with Gasteiger partial charge in [0.05, 0.1) is 17.8 Å². The summed E-state index contributed by atoms with van der Waals surface area (Å²) in [6, 6.07) is 8.34. The van der Waals surface area contributed by atoms with Crippen LogP contribution >= 0.6 is 23.5 Å². The van der Waals surface area contributed by atoms with Gasteiger partial charge in [0.15, 0.2) is 0 Å². The summed E-state index contributed by atoms with van der Waals surface area (Å²) >= 11 is 3.95. The number of nitrogens with one attached hydrogen (secondary N) is 2. The predicted molar refractivity (Wildman–Crippen MR) is 90.0 cm³/mol. The molecule has 2 saturated heterocycles. The largest absolute Gasteiger partial charge is 0.378 e. The topological polar surface area (TPSA) is 50.4 Å². The van der Waals surface area contributed by atoms with Gasteiger partial charge < -0.3 is 15.4 Å². The van der Waals surface area contributed by atoms with Crippen molar-refractivity contribution in [1.29, 1.82) is 0 Å². The number of hydrogen-bond donors (Lipinski definition) is 2. The van der Waals surface area contributed by atoms with Crippen LogP contribution in [0, 0.1) is 0 Å². The van der Waals surface area contributed by atoms with Crippen LogP contribution in [0.4, 0.5) is 5.69 Å². The quantitative estimate of drug-likeness (QED) is 0.891. The Hall–Kier alpha value is -0.690. The number of rotatable bonds is 4. The van der Waals surface area contributed by atoms with E-state index in [-0.39, 0.29) is 11.9 Å². The molecule has 2 aliphatic heterocycles. The zero-order chi connectivity index (χ0) is 14.5. The molecule has 1 aromatic rings. The maximum absolute atomic E-state index is 12.1. The molecule has 0 aliphatic carbocycles. The van der Waals surface area contributed by atoms with Crippen molar-refractivity contribution in [2.45, 2.75) is 17.0 Å². The number of thioether (sulfide) groups is 2. The first-order chi connectivity index (χ1) is 10.3. The van der Waals surface area contributed by atoms with E-state index in [9.17, 15) is 4.79 Å². The molecule has 0 saturated carbocycles. The van der Waals surface area contributed by atoms with Gasteiger partial charge in [-0.25, -0.2) is 0 Å². The lowest BCUT2D eigenvalue weighted by atomic mass is 10.1. The Labute approximate surface area is 133 Å².